The van der Waals surface area contributed by atoms with Gasteiger partial charge in [-0.05, 0) is 43.4 Å². The van der Waals surface area contributed by atoms with Crippen LogP contribution in [0.15, 0.2) is 71.8 Å². The third-order valence-electron chi connectivity index (χ3n) is 3.97. The molecule has 3 aromatic rings. The second-order valence-electron chi connectivity index (χ2n) is 5.91. The van der Waals surface area contributed by atoms with Crippen molar-refractivity contribution in [3.63, 3.8) is 0 Å². The average molecular weight is 414 g/mol. The van der Waals surface area contributed by atoms with Gasteiger partial charge in [-0.25, -0.2) is 13.1 Å². The number of nitrogens with one attached hydrogen (secondary N) is 2. The number of pyridine rings is 1. The molecule has 2 N–H and O–H groups in total. The zero-order valence-electron chi connectivity index (χ0n) is 15.4. The van der Waals surface area contributed by atoms with Gasteiger partial charge in [0.25, 0.3) is 5.69 Å². The highest BCUT2D eigenvalue weighted by atomic mass is 32.2. The van der Waals surface area contributed by atoms with Gasteiger partial charge in [-0.15, -0.1) is 0 Å². The number of nitro groups is 1. The van der Waals surface area contributed by atoms with Crippen LogP contribution in [0.25, 0.3) is 0 Å². The zero-order valence-corrected chi connectivity index (χ0v) is 16.2. The van der Waals surface area contributed by atoms with E-state index in [1.165, 1.54) is 19.2 Å². The molecule has 0 radical (unpaired) electrons. The Morgan fingerprint density at radius 3 is 2.62 bits per heavy atom. The van der Waals surface area contributed by atoms with E-state index >= 15 is 0 Å². The lowest BCUT2D eigenvalue weighted by Crippen LogP contribution is -2.18. The molecule has 1 aromatic heterocycles. The van der Waals surface area contributed by atoms with Gasteiger partial charge < -0.3 is 10.1 Å². The maximum Gasteiger partial charge on any atom is 0.294 e. The van der Waals surface area contributed by atoms with E-state index in [1.54, 1.807) is 30.5 Å². The van der Waals surface area contributed by atoms with Crippen molar-refractivity contribution in [2.75, 3.05) is 12.4 Å². The number of sulfonamides is 1. The molecule has 0 saturated heterocycles. The summed E-state index contributed by atoms with van der Waals surface area (Å²) in [7, 11) is -2.55. The molecular formula is C19H18N4O5S. The van der Waals surface area contributed by atoms with Crippen LogP contribution in [0.4, 0.5) is 17.1 Å². The number of hydrogen-bond acceptors (Lipinski definition) is 7. The van der Waals surface area contributed by atoms with E-state index in [4.69, 9.17) is 4.74 Å². The fraction of sp³-hybridized carbons (Fsp3) is 0.105. The van der Waals surface area contributed by atoms with E-state index in [0.29, 0.717) is 11.4 Å². The largest absolute Gasteiger partial charge is 0.487 e. The molecule has 1 heterocycles. The molecule has 3 rings (SSSR count). The van der Waals surface area contributed by atoms with Crippen LogP contribution in [-0.2, 0) is 16.6 Å². The molecule has 0 aliphatic carbocycles. The van der Waals surface area contributed by atoms with Gasteiger partial charge in [0.1, 0.15) is 18.0 Å². The molecule has 0 unspecified atom stereocenters. The minimum Gasteiger partial charge on any atom is -0.487 e. The van der Waals surface area contributed by atoms with Gasteiger partial charge in [0.2, 0.25) is 10.0 Å². The van der Waals surface area contributed by atoms with E-state index in [2.05, 4.69) is 15.0 Å². The van der Waals surface area contributed by atoms with Crippen molar-refractivity contribution in [2.24, 2.45) is 0 Å². The Hall–Kier alpha value is -3.50. The standard InChI is InChI=1S/C19H18N4O5S/c1-20-29(26,27)17-8-9-18(19(12-17)23(24)25)22-14-6-4-7-16(11-14)28-13-15-5-2-3-10-21-15/h2-12,20,22H,13H2,1H3. The fourth-order valence-electron chi connectivity index (χ4n) is 2.51. The summed E-state index contributed by atoms with van der Waals surface area (Å²) in [5.41, 5.74) is 1.12. The van der Waals surface area contributed by atoms with Crippen molar-refractivity contribution in [1.29, 1.82) is 0 Å². The number of nitro benzene ring substituents is 1. The summed E-state index contributed by atoms with van der Waals surface area (Å²) in [6, 6.07) is 16.1. The van der Waals surface area contributed by atoms with E-state index in [9.17, 15) is 18.5 Å². The Kier molecular flexibility index (Phi) is 6.05. The Labute approximate surface area is 167 Å². The van der Waals surface area contributed by atoms with Crippen molar-refractivity contribution in [3.05, 3.63) is 82.7 Å². The van der Waals surface area contributed by atoms with Crippen LogP contribution >= 0.6 is 0 Å². The minimum absolute atomic E-state index is 0.159. The first kappa shape index (κ1) is 20.2. The lowest BCUT2D eigenvalue weighted by Gasteiger charge is -2.11. The third-order valence-corrected chi connectivity index (χ3v) is 5.38. The number of aromatic nitrogens is 1. The molecule has 0 atom stereocenters. The maximum atomic E-state index is 11.9. The Balaban J connectivity index is 1.81. The van der Waals surface area contributed by atoms with Gasteiger partial charge in [-0.2, -0.15) is 0 Å². The molecule has 0 spiro atoms. The smallest absolute Gasteiger partial charge is 0.294 e. The van der Waals surface area contributed by atoms with Crippen molar-refractivity contribution in [2.45, 2.75) is 11.5 Å². The number of anilines is 2. The molecule has 0 aliphatic rings. The first-order chi connectivity index (χ1) is 13.9. The SMILES string of the molecule is CNS(=O)(=O)c1ccc(Nc2cccc(OCc3ccccn3)c2)c([N+](=O)[O-])c1. The van der Waals surface area contributed by atoms with E-state index in [0.717, 1.165) is 11.8 Å². The number of ether oxygens (including phenoxy) is 1. The number of benzene rings is 2. The quantitative estimate of drug-likeness (QED) is 0.428. The summed E-state index contributed by atoms with van der Waals surface area (Å²) < 4.78 is 31.6. The van der Waals surface area contributed by atoms with Crippen LogP contribution in [-0.4, -0.2) is 25.4 Å². The van der Waals surface area contributed by atoms with E-state index < -0.39 is 14.9 Å². The summed E-state index contributed by atoms with van der Waals surface area (Å²) in [5.74, 6) is 0.553. The topological polar surface area (TPSA) is 123 Å². The van der Waals surface area contributed by atoms with Crippen molar-refractivity contribution in [1.82, 2.24) is 9.71 Å². The molecule has 0 fully saturated rings. The summed E-state index contributed by atoms with van der Waals surface area (Å²) in [5, 5.41) is 14.4. The number of rotatable bonds is 8. The highest BCUT2D eigenvalue weighted by Gasteiger charge is 2.20. The highest BCUT2D eigenvalue weighted by molar-refractivity contribution is 7.89. The van der Waals surface area contributed by atoms with Gasteiger partial charge in [-0.1, -0.05) is 12.1 Å². The Bertz CT molecular complexity index is 1120. The predicted octanol–water partition coefficient (Wildman–Crippen LogP) is 3.22. The number of hydrogen-bond donors (Lipinski definition) is 2. The van der Waals surface area contributed by atoms with Gasteiger partial charge in [0, 0.05) is 24.0 Å². The fourth-order valence-corrected chi connectivity index (χ4v) is 3.26. The molecule has 29 heavy (non-hydrogen) atoms. The van der Waals surface area contributed by atoms with E-state index in [-0.39, 0.29) is 22.9 Å². The van der Waals surface area contributed by atoms with Gasteiger partial charge in [0.05, 0.1) is 15.5 Å². The zero-order chi connectivity index (χ0) is 20.9. The third kappa shape index (κ3) is 5.06. The summed E-state index contributed by atoms with van der Waals surface area (Å²) >= 11 is 0. The van der Waals surface area contributed by atoms with Crippen LogP contribution in [0.5, 0.6) is 5.75 Å². The molecule has 0 amide bonds. The van der Waals surface area contributed by atoms with Crippen molar-refractivity contribution >= 4 is 27.1 Å². The minimum atomic E-state index is -3.79. The average Bonchev–Trinajstić information content (AvgIpc) is 2.73. The van der Waals surface area contributed by atoms with Crippen LogP contribution in [0.1, 0.15) is 5.69 Å². The molecular weight excluding hydrogens is 396 g/mol. The molecule has 2 aromatic carbocycles. The first-order valence-electron chi connectivity index (χ1n) is 8.51. The van der Waals surface area contributed by atoms with Crippen molar-refractivity contribution in [3.8, 4) is 5.75 Å². The number of nitrogens with zero attached hydrogens (tertiary/aromatic N) is 2. The second-order valence-corrected chi connectivity index (χ2v) is 7.79. The molecule has 0 bridgehead atoms. The predicted molar refractivity (Wildman–Crippen MR) is 108 cm³/mol. The molecule has 10 heteroatoms. The van der Waals surface area contributed by atoms with Crippen molar-refractivity contribution < 1.29 is 18.1 Å². The molecule has 150 valence electrons. The lowest BCUT2D eigenvalue weighted by molar-refractivity contribution is -0.384. The van der Waals surface area contributed by atoms with Gasteiger partial charge in [-0.3, -0.25) is 15.1 Å². The summed E-state index contributed by atoms with van der Waals surface area (Å²) in [6.07, 6.45) is 1.67. The van der Waals surface area contributed by atoms with Crippen LogP contribution < -0.4 is 14.8 Å². The van der Waals surface area contributed by atoms with Gasteiger partial charge in [0.15, 0.2) is 0 Å². The maximum absolute atomic E-state index is 11.9. The van der Waals surface area contributed by atoms with Crippen LogP contribution in [0.2, 0.25) is 0 Å². The second kappa shape index (κ2) is 8.67. The monoisotopic (exact) mass is 414 g/mol. The Morgan fingerprint density at radius 2 is 1.93 bits per heavy atom. The molecule has 0 saturated carbocycles. The van der Waals surface area contributed by atoms with Crippen LogP contribution in [0.3, 0.4) is 0 Å². The van der Waals surface area contributed by atoms with Gasteiger partial charge >= 0.3 is 0 Å². The summed E-state index contributed by atoms with van der Waals surface area (Å²) in [4.78, 5) is 14.8. The highest BCUT2D eigenvalue weighted by Crippen LogP contribution is 2.31. The van der Waals surface area contributed by atoms with Crippen LogP contribution in [0, 0.1) is 10.1 Å². The normalized spacial score (nSPS) is 11.1. The molecule has 9 nitrogen and oxygen atoms in total. The lowest BCUT2D eigenvalue weighted by atomic mass is 10.2. The van der Waals surface area contributed by atoms with E-state index in [1.807, 2.05) is 18.2 Å². The Morgan fingerprint density at radius 1 is 1.10 bits per heavy atom. The first-order valence-corrected chi connectivity index (χ1v) is 9.99. The summed E-state index contributed by atoms with van der Waals surface area (Å²) in [6.45, 7) is 0.279. The molecule has 0 aliphatic heterocycles.